The quantitative estimate of drug-likeness (QED) is 0.571. The van der Waals surface area contributed by atoms with E-state index in [1.165, 1.54) is 13.3 Å². The highest BCUT2D eigenvalue weighted by Gasteiger charge is 1.95. The van der Waals surface area contributed by atoms with Gasteiger partial charge in [0, 0.05) is 12.1 Å². The van der Waals surface area contributed by atoms with Crippen LogP contribution in [0, 0.1) is 5.92 Å². The second kappa shape index (κ2) is 4.93. The number of methoxy groups -OCH3 is 1. The van der Waals surface area contributed by atoms with Crippen LogP contribution in [-0.4, -0.2) is 26.0 Å². The Morgan fingerprint density at radius 1 is 1.90 bits per heavy atom. The molecule has 58 valence electrons. The first-order valence-electron chi connectivity index (χ1n) is 3.03. The zero-order valence-corrected chi connectivity index (χ0v) is 6.20. The normalized spacial score (nSPS) is 13.5. The van der Waals surface area contributed by atoms with Crippen molar-refractivity contribution in [2.75, 3.05) is 13.7 Å². The Balaban J connectivity index is 3.63. The molecule has 0 saturated carbocycles. The van der Waals surface area contributed by atoms with E-state index in [1.807, 2.05) is 6.92 Å². The summed E-state index contributed by atoms with van der Waals surface area (Å²) in [6.07, 6.45) is 0.895. The van der Waals surface area contributed by atoms with Crippen molar-refractivity contribution in [1.82, 2.24) is 0 Å². The lowest BCUT2D eigenvalue weighted by molar-refractivity contribution is 0.182. The van der Waals surface area contributed by atoms with Crippen LogP contribution >= 0.6 is 0 Å². The summed E-state index contributed by atoms with van der Waals surface area (Å²) < 4.78 is 4.27. The SMILES string of the molecule is COC(=O)N=CC(C)CN. The molecule has 1 amide bonds. The number of hydrogen-bond donors (Lipinski definition) is 1. The molecule has 0 aromatic carbocycles. The predicted octanol–water partition coefficient (Wildman–Crippen LogP) is 0.418. The molecule has 4 heteroatoms. The zero-order valence-electron chi connectivity index (χ0n) is 6.20. The fourth-order valence-electron chi connectivity index (χ4n) is 0.302. The first kappa shape index (κ1) is 9.10. The van der Waals surface area contributed by atoms with Gasteiger partial charge in [0.05, 0.1) is 7.11 Å². The molecule has 0 saturated heterocycles. The van der Waals surface area contributed by atoms with Crippen molar-refractivity contribution in [3.8, 4) is 0 Å². The fraction of sp³-hybridized carbons (Fsp3) is 0.667. The molecule has 0 fully saturated rings. The highest BCUT2D eigenvalue weighted by Crippen LogP contribution is 1.86. The van der Waals surface area contributed by atoms with Crippen LogP contribution in [0.2, 0.25) is 0 Å². The second-order valence-corrected chi connectivity index (χ2v) is 1.96. The van der Waals surface area contributed by atoms with E-state index in [0.717, 1.165) is 0 Å². The van der Waals surface area contributed by atoms with Crippen molar-refractivity contribution >= 4 is 12.3 Å². The Morgan fingerprint density at radius 2 is 2.50 bits per heavy atom. The summed E-state index contributed by atoms with van der Waals surface area (Å²) in [4.78, 5) is 13.8. The predicted molar refractivity (Wildman–Crippen MR) is 39.1 cm³/mol. The van der Waals surface area contributed by atoms with E-state index >= 15 is 0 Å². The van der Waals surface area contributed by atoms with Gasteiger partial charge in [0.1, 0.15) is 0 Å². The Kier molecular flexibility index (Phi) is 4.49. The van der Waals surface area contributed by atoms with Gasteiger partial charge in [0.2, 0.25) is 0 Å². The van der Waals surface area contributed by atoms with E-state index in [0.29, 0.717) is 6.54 Å². The number of carbonyl (C=O) groups is 1. The van der Waals surface area contributed by atoms with Gasteiger partial charge in [-0.2, -0.15) is 4.99 Å². The van der Waals surface area contributed by atoms with Crippen LogP contribution in [0.5, 0.6) is 0 Å². The van der Waals surface area contributed by atoms with Gasteiger partial charge in [0.15, 0.2) is 0 Å². The molecule has 0 spiro atoms. The number of rotatable bonds is 2. The van der Waals surface area contributed by atoms with Gasteiger partial charge in [0.25, 0.3) is 0 Å². The molecule has 10 heavy (non-hydrogen) atoms. The molecule has 0 aliphatic rings. The molecule has 1 unspecified atom stereocenters. The number of amides is 1. The van der Waals surface area contributed by atoms with Gasteiger partial charge in [-0.1, -0.05) is 6.92 Å². The lowest BCUT2D eigenvalue weighted by Gasteiger charge is -1.96. The zero-order chi connectivity index (χ0) is 7.98. The maximum absolute atomic E-state index is 10.4. The summed E-state index contributed by atoms with van der Waals surface area (Å²) in [5.41, 5.74) is 5.26. The fourth-order valence-corrected chi connectivity index (χ4v) is 0.302. The number of hydrogen-bond acceptors (Lipinski definition) is 3. The molecule has 0 rings (SSSR count). The minimum Gasteiger partial charge on any atom is -0.451 e. The molecule has 4 nitrogen and oxygen atoms in total. The Bertz CT molecular complexity index is 134. The minimum absolute atomic E-state index is 0.124. The number of nitrogens with zero attached hydrogens (tertiary/aromatic N) is 1. The average molecular weight is 144 g/mol. The van der Waals surface area contributed by atoms with Gasteiger partial charge in [-0.05, 0) is 6.54 Å². The third-order valence-electron chi connectivity index (χ3n) is 0.981. The Labute approximate surface area is 60.1 Å². The van der Waals surface area contributed by atoms with Crippen LogP contribution in [0.25, 0.3) is 0 Å². The van der Waals surface area contributed by atoms with E-state index in [4.69, 9.17) is 5.73 Å². The van der Waals surface area contributed by atoms with Crippen LogP contribution in [0.4, 0.5) is 4.79 Å². The lowest BCUT2D eigenvalue weighted by atomic mass is 10.2. The first-order chi connectivity index (χ1) is 4.70. The third kappa shape index (κ3) is 4.03. The van der Waals surface area contributed by atoms with Gasteiger partial charge in [-0.25, -0.2) is 4.79 Å². The van der Waals surface area contributed by atoms with Crippen LogP contribution in [-0.2, 0) is 4.74 Å². The Hall–Kier alpha value is -0.900. The van der Waals surface area contributed by atoms with Crippen LogP contribution < -0.4 is 5.73 Å². The largest absolute Gasteiger partial charge is 0.451 e. The van der Waals surface area contributed by atoms with Gasteiger partial charge >= 0.3 is 6.09 Å². The molecule has 0 aliphatic carbocycles. The average Bonchev–Trinajstić information content (AvgIpc) is 1.99. The maximum Gasteiger partial charge on any atom is 0.432 e. The highest BCUT2D eigenvalue weighted by molar-refractivity contribution is 5.79. The van der Waals surface area contributed by atoms with Gasteiger partial charge in [-0.3, -0.25) is 0 Å². The van der Waals surface area contributed by atoms with Crippen LogP contribution in [0.1, 0.15) is 6.92 Å². The molecule has 0 radical (unpaired) electrons. The molecule has 0 aromatic rings. The van der Waals surface area contributed by atoms with E-state index in [-0.39, 0.29) is 5.92 Å². The topological polar surface area (TPSA) is 64.7 Å². The number of carbonyl (C=O) groups excluding carboxylic acids is 1. The van der Waals surface area contributed by atoms with E-state index in [9.17, 15) is 4.79 Å². The first-order valence-corrected chi connectivity index (χ1v) is 3.03. The monoisotopic (exact) mass is 144 g/mol. The van der Waals surface area contributed by atoms with Crippen molar-refractivity contribution in [2.24, 2.45) is 16.6 Å². The molecule has 0 heterocycles. The number of aliphatic imine (C=N–C) groups is 1. The second-order valence-electron chi connectivity index (χ2n) is 1.96. The molecule has 0 bridgehead atoms. The summed E-state index contributed by atoms with van der Waals surface area (Å²) in [7, 11) is 1.28. The summed E-state index contributed by atoms with van der Waals surface area (Å²) in [5.74, 6) is 0.124. The van der Waals surface area contributed by atoms with E-state index < -0.39 is 6.09 Å². The summed E-state index contributed by atoms with van der Waals surface area (Å²) >= 11 is 0. The van der Waals surface area contributed by atoms with Crippen molar-refractivity contribution in [3.05, 3.63) is 0 Å². The molecule has 1 atom stereocenters. The standard InChI is InChI=1S/C6H12N2O2/c1-5(3-7)4-8-6(9)10-2/h4-5H,3,7H2,1-2H3. The minimum atomic E-state index is -0.583. The molecular weight excluding hydrogens is 132 g/mol. The lowest BCUT2D eigenvalue weighted by Crippen LogP contribution is -2.12. The van der Waals surface area contributed by atoms with Gasteiger partial charge in [-0.15, -0.1) is 0 Å². The summed E-state index contributed by atoms with van der Waals surface area (Å²) in [6.45, 7) is 2.35. The van der Waals surface area contributed by atoms with Crippen molar-refractivity contribution < 1.29 is 9.53 Å². The molecular formula is C6H12N2O2. The van der Waals surface area contributed by atoms with Crippen LogP contribution in [0.15, 0.2) is 4.99 Å². The highest BCUT2D eigenvalue weighted by atomic mass is 16.5. The van der Waals surface area contributed by atoms with Crippen molar-refractivity contribution in [1.29, 1.82) is 0 Å². The number of ether oxygens (including phenoxy) is 1. The van der Waals surface area contributed by atoms with E-state index in [1.54, 1.807) is 0 Å². The number of nitrogens with two attached hydrogens (primary N) is 1. The van der Waals surface area contributed by atoms with Gasteiger partial charge < -0.3 is 10.5 Å². The molecule has 0 aliphatic heterocycles. The summed E-state index contributed by atoms with van der Waals surface area (Å²) in [6, 6.07) is 0. The smallest absolute Gasteiger partial charge is 0.432 e. The molecule has 2 N–H and O–H groups in total. The van der Waals surface area contributed by atoms with Crippen LogP contribution in [0.3, 0.4) is 0 Å². The van der Waals surface area contributed by atoms with Crippen molar-refractivity contribution in [2.45, 2.75) is 6.92 Å². The Morgan fingerprint density at radius 3 is 2.90 bits per heavy atom. The van der Waals surface area contributed by atoms with Crippen molar-refractivity contribution in [3.63, 3.8) is 0 Å². The third-order valence-corrected chi connectivity index (χ3v) is 0.981. The van der Waals surface area contributed by atoms with E-state index in [2.05, 4.69) is 9.73 Å². The summed E-state index contributed by atoms with van der Waals surface area (Å²) in [5, 5.41) is 0. The maximum atomic E-state index is 10.4. The molecule has 0 aromatic heterocycles.